The van der Waals surface area contributed by atoms with Crippen LogP contribution in [0.5, 0.6) is 0 Å². The maximum Gasteiger partial charge on any atom is 0.256 e. The van der Waals surface area contributed by atoms with E-state index in [-0.39, 0.29) is 5.91 Å². The van der Waals surface area contributed by atoms with E-state index in [1.165, 1.54) is 42.0 Å². The van der Waals surface area contributed by atoms with Gasteiger partial charge in [0.25, 0.3) is 11.8 Å². The molecule has 0 saturated heterocycles. The number of benzene rings is 1. The Hall–Kier alpha value is -2.21. The van der Waals surface area contributed by atoms with Gasteiger partial charge in [-0.3, -0.25) is 9.59 Å². The minimum absolute atomic E-state index is 0.340. The molecular formula is C19H21FN2O2S. The lowest BCUT2D eigenvalue weighted by atomic mass is 9.84. The van der Waals surface area contributed by atoms with Crippen molar-refractivity contribution in [3.8, 4) is 0 Å². The molecule has 4 nitrogen and oxygen atoms in total. The van der Waals surface area contributed by atoms with Crippen LogP contribution in [0.25, 0.3) is 0 Å². The van der Waals surface area contributed by atoms with E-state index in [1.807, 2.05) is 0 Å². The largest absolute Gasteiger partial charge is 0.365 e. The molecule has 0 spiro atoms. The number of rotatable bonds is 5. The van der Waals surface area contributed by atoms with Crippen molar-refractivity contribution in [2.45, 2.75) is 39.0 Å². The fourth-order valence-corrected chi connectivity index (χ4v) is 4.80. The molecule has 0 fully saturated rings. The highest BCUT2D eigenvalue weighted by Gasteiger charge is 2.28. The Labute approximate surface area is 150 Å². The standard InChI is InChI=1S/C19H21FN2O2S/c1-2-3-11-4-9-14-15(10-11)25-19(16(14)17(21)23)22-18(24)12-5-7-13(20)8-6-12/h5-8,11H,2-4,9-10H2,1H3,(H2,21,23)(H,22,24)/t11-/m1/s1. The Morgan fingerprint density at radius 1 is 1.32 bits per heavy atom. The van der Waals surface area contributed by atoms with E-state index in [0.717, 1.165) is 36.1 Å². The molecule has 1 aromatic heterocycles. The van der Waals surface area contributed by atoms with E-state index >= 15 is 0 Å². The third-order valence-corrected chi connectivity index (χ3v) is 5.81. The van der Waals surface area contributed by atoms with Gasteiger partial charge in [0, 0.05) is 10.4 Å². The molecule has 6 heteroatoms. The zero-order valence-electron chi connectivity index (χ0n) is 14.1. The third-order valence-electron chi connectivity index (χ3n) is 4.64. The van der Waals surface area contributed by atoms with E-state index in [2.05, 4.69) is 12.2 Å². The summed E-state index contributed by atoms with van der Waals surface area (Å²) in [5.41, 5.74) is 7.34. The monoisotopic (exact) mass is 360 g/mol. The van der Waals surface area contributed by atoms with Crippen LogP contribution in [0, 0.1) is 11.7 Å². The zero-order valence-corrected chi connectivity index (χ0v) is 14.9. The summed E-state index contributed by atoms with van der Waals surface area (Å²) in [5, 5.41) is 3.29. The van der Waals surface area contributed by atoms with Crippen LogP contribution in [0.1, 0.15) is 57.3 Å². The van der Waals surface area contributed by atoms with E-state index < -0.39 is 11.7 Å². The average molecular weight is 360 g/mol. The van der Waals surface area contributed by atoms with Gasteiger partial charge >= 0.3 is 0 Å². The number of carbonyl (C=O) groups excluding carboxylic acids is 2. The lowest BCUT2D eigenvalue weighted by molar-refractivity contribution is 0.1000. The molecule has 0 bridgehead atoms. The highest BCUT2D eigenvalue weighted by atomic mass is 32.1. The van der Waals surface area contributed by atoms with Gasteiger partial charge in [-0.25, -0.2) is 4.39 Å². The second-order valence-corrected chi connectivity index (χ2v) is 7.54. The summed E-state index contributed by atoms with van der Waals surface area (Å²) >= 11 is 1.44. The average Bonchev–Trinajstić information content (AvgIpc) is 2.92. The van der Waals surface area contributed by atoms with Gasteiger partial charge in [-0.05, 0) is 55.0 Å². The van der Waals surface area contributed by atoms with Gasteiger partial charge in [0.15, 0.2) is 0 Å². The Morgan fingerprint density at radius 3 is 2.68 bits per heavy atom. The van der Waals surface area contributed by atoms with Crippen molar-refractivity contribution in [2.75, 3.05) is 5.32 Å². The minimum Gasteiger partial charge on any atom is -0.365 e. The van der Waals surface area contributed by atoms with Crippen molar-refractivity contribution in [3.63, 3.8) is 0 Å². The van der Waals surface area contributed by atoms with E-state index in [9.17, 15) is 14.0 Å². The third kappa shape index (κ3) is 3.74. The molecule has 0 saturated carbocycles. The molecule has 25 heavy (non-hydrogen) atoms. The van der Waals surface area contributed by atoms with Gasteiger partial charge in [-0.2, -0.15) is 0 Å². The number of halogens is 1. The Kier molecular flexibility index (Phi) is 5.18. The van der Waals surface area contributed by atoms with Crippen LogP contribution in [0.15, 0.2) is 24.3 Å². The van der Waals surface area contributed by atoms with Crippen LogP contribution in [-0.2, 0) is 12.8 Å². The smallest absolute Gasteiger partial charge is 0.256 e. The van der Waals surface area contributed by atoms with Gasteiger partial charge in [0.2, 0.25) is 0 Å². The summed E-state index contributed by atoms with van der Waals surface area (Å²) in [4.78, 5) is 25.5. The topological polar surface area (TPSA) is 72.2 Å². The molecule has 0 aliphatic heterocycles. The van der Waals surface area contributed by atoms with Gasteiger partial charge < -0.3 is 11.1 Å². The van der Waals surface area contributed by atoms with Crippen molar-refractivity contribution in [1.82, 2.24) is 0 Å². The maximum atomic E-state index is 13.0. The normalized spacial score (nSPS) is 16.3. The van der Waals surface area contributed by atoms with E-state index in [1.54, 1.807) is 0 Å². The molecule has 3 rings (SSSR count). The molecule has 132 valence electrons. The lowest BCUT2D eigenvalue weighted by Gasteiger charge is -2.21. The van der Waals surface area contributed by atoms with Crippen molar-refractivity contribution < 1.29 is 14.0 Å². The van der Waals surface area contributed by atoms with Crippen molar-refractivity contribution >= 4 is 28.2 Å². The van der Waals surface area contributed by atoms with Crippen LogP contribution >= 0.6 is 11.3 Å². The summed E-state index contributed by atoms with van der Waals surface area (Å²) in [6.07, 6.45) is 5.10. The quantitative estimate of drug-likeness (QED) is 0.841. The second kappa shape index (κ2) is 7.35. The molecule has 2 amide bonds. The summed E-state index contributed by atoms with van der Waals surface area (Å²) in [6.45, 7) is 2.17. The summed E-state index contributed by atoms with van der Waals surface area (Å²) in [5.74, 6) is -0.660. The number of thiophene rings is 1. The Morgan fingerprint density at radius 2 is 2.04 bits per heavy atom. The number of primary amides is 1. The van der Waals surface area contributed by atoms with Crippen LogP contribution in [0.3, 0.4) is 0 Å². The fraction of sp³-hybridized carbons (Fsp3) is 0.368. The Balaban J connectivity index is 1.87. The lowest BCUT2D eigenvalue weighted by Crippen LogP contribution is -2.20. The number of fused-ring (bicyclic) bond motifs is 1. The molecule has 3 N–H and O–H groups in total. The second-order valence-electron chi connectivity index (χ2n) is 6.43. The first-order valence-electron chi connectivity index (χ1n) is 8.50. The number of anilines is 1. The maximum absolute atomic E-state index is 13.0. The highest BCUT2D eigenvalue weighted by molar-refractivity contribution is 7.17. The van der Waals surface area contributed by atoms with Gasteiger partial charge in [0.1, 0.15) is 10.8 Å². The zero-order chi connectivity index (χ0) is 18.0. The molecule has 1 aromatic carbocycles. The molecule has 1 aliphatic carbocycles. The number of hydrogen-bond acceptors (Lipinski definition) is 3. The summed E-state index contributed by atoms with van der Waals surface area (Å²) < 4.78 is 13.0. The molecule has 0 radical (unpaired) electrons. The van der Waals surface area contributed by atoms with Gasteiger partial charge in [-0.1, -0.05) is 19.8 Å². The van der Waals surface area contributed by atoms with Crippen LogP contribution < -0.4 is 11.1 Å². The predicted octanol–water partition coefficient (Wildman–Crippen LogP) is 4.14. The number of nitrogens with two attached hydrogens (primary N) is 1. The number of hydrogen-bond donors (Lipinski definition) is 2. The molecule has 1 heterocycles. The molecule has 1 aliphatic rings. The first kappa shape index (κ1) is 17.6. The Bertz CT molecular complexity index is 799. The molecular weight excluding hydrogens is 339 g/mol. The molecule has 2 aromatic rings. The van der Waals surface area contributed by atoms with Crippen molar-refractivity contribution in [3.05, 3.63) is 51.7 Å². The first-order chi connectivity index (χ1) is 12.0. The number of nitrogens with one attached hydrogen (secondary N) is 1. The van der Waals surface area contributed by atoms with E-state index in [0.29, 0.717) is 22.0 Å². The van der Waals surface area contributed by atoms with Crippen LogP contribution in [0.4, 0.5) is 9.39 Å². The fourth-order valence-electron chi connectivity index (χ4n) is 3.43. The highest BCUT2D eigenvalue weighted by Crippen LogP contribution is 2.40. The summed E-state index contributed by atoms with van der Waals surface area (Å²) in [6, 6.07) is 5.30. The minimum atomic E-state index is -0.513. The molecule has 0 unspecified atom stereocenters. The predicted molar refractivity (Wildman–Crippen MR) is 97.6 cm³/mol. The van der Waals surface area contributed by atoms with E-state index in [4.69, 9.17) is 5.73 Å². The molecule has 1 atom stereocenters. The van der Waals surface area contributed by atoms with Gasteiger partial charge in [0.05, 0.1) is 5.56 Å². The van der Waals surface area contributed by atoms with Crippen LogP contribution in [0.2, 0.25) is 0 Å². The number of carbonyl (C=O) groups is 2. The van der Waals surface area contributed by atoms with Gasteiger partial charge in [-0.15, -0.1) is 11.3 Å². The van der Waals surface area contributed by atoms with Crippen molar-refractivity contribution in [2.24, 2.45) is 11.7 Å². The SMILES string of the molecule is CCC[C@@H]1CCc2c(sc(NC(=O)c3ccc(F)cc3)c2C(N)=O)C1. The first-order valence-corrected chi connectivity index (χ1v) is 9.32. The number of amides is 2. The van der Waals surface area contributed by atoms with Crippen LogP contribution in [-0.4, -0.2) is 11.8 Å². The summed E-state index contributed by atoms with van der Waals surface area (Å²) in [7, 11) is 0. The van der Waals surface area contributed by atoms with Crippen molar-refractivity contribution in [1.29, 1.82) is 0 Å².